The second kappa shape index (κ2) is 9.93. The lowest BCUT2D eigenvalue weighted by Gasteiger charge is -2.33. The van der Waals surface area contributed by atoms with E-state index in [-0.39, 0.29) is 23.4 Å². The van der Waals surface area contributed by atoms with E-state index in [1.165, 1.54) is 0 Å². The van der Waals surface area contributed by atoms with Crippen LogP contribution in [-0.2, 0) is 0 Å². The van der Waals surface area contributed by atoms with Gasteiger partial charge in [-0.3, -0.25) is 14.5 Å². The molecule has 1 aliphatic carbocycles. The third-order valence-corrected chi connectivity index (χ3v) is 7.50. The molecule has 2 N–H and O–H groups in total. The zero-order chi connectivity index (χ0) is 25.4. The van der Waals surface area contributed by atoms with E-state index in [0.29, 0.717) is 48.5 Å². The number of H-pyrrole nitrogens is 1. The maximum absolute atomic E-state index is 13.1. The monoisotopic (exact) mass is 504 g/mol. The maximum atomic E-state index is 13.1. The number of amides is 1. The average Bonchev–Trinajstić information content (AvgIpc) is 3.32. The van der Waals surface area contributed by atoms with Gasteiger partial charge in [0.2, 0.25) is 0 Å². The first kappa shape index (κ1) is 23.6. The third kappa shape index (κ3) is 4.81. The minimum atomic E-state index is -0.715. The van der Waals surface area contributed by atoms with Crippen LogP contribution in [0.2, 0.25) is 0 Å². The Morgan fingerprint density at radius 3 is 2.68 bits per heavy atom. The standard InChI is InChI=1S/C27H29FN6O3/c28-18-14-33(15-18)11-12-37-20-9-10-24-23(13-29-34(24)16-20)26(35)30-19-7-5-17(6-8-19)25-21-3-1-2-4-22(21)27(36)32-31-25/h1-4,9-10,13,16-19H,5-8,11-12,14-15H2,(H,30,35)(H,32,36). The Labute approximate surface area is 212 Å². The number of nitrogens with zero attached hydrogens (tertiary/aromatic N) is 4. The molecule has 1 saturated carbocycles. The van der Waals surface area contributed by atoms with E-state index in [9.17, 15) is 14.0 Å². The minimum absolute atomic E-state index is 0.0701. The zero-order valence-electron chi connectivity index (χ0n) is 20.4. The molecule has 3 aromatic heterocycles. The summed E-state index contributed by atoms with van der Waals surface area (Å²) in [4.78, 5) is 27.2. The fourth-order valence-corrected chi connectivity index (χ4v) is 5.43. The summed E-state index contributed by atoms with van der Waals surface area (Å²) in [7, 11) is 0. The lowest BCUT2D eigenvalue weighted by molar-refractivity contribution is 0.0538. The molecular formula is C27H29FN6O3. The van der Waals surface area contributed by atoms with E-state index < -0.39 is 6.17 Å². The molecule has 0 unspecified atom stereocenters. The van der Waals surface area contributed by atoms with Crippen molar-refractivity contribution >= 4 is 22.2 Å². The van der Waals surface area contributed by atoms with Gasteiger partial charge >= 0.3 is 0 Å². The highest BCUT2D eigenvalue weighted by Crippen LogP contribution is 2.34. The van der Waals surface area contributed by atoms with Crippen molar-refractivity contribution in [2.75, 3.05) is 26.2 Å². The van der Waals surface area contributed by atoms with Crippen LogP contribution in [0.4, 0.5) is 4.39 Å². The predicted molar refractivity (Wildman–Crippen MR) is 137 cm³/mol. The van der Waals surface area contributed by atoms with Crippen LogP contribution in [-0.4, -0.2) is 69.1 Å². The van der Waals surface area contributed by atoms with Crippen molar-refractivity contribution in [1.29, 1.82) is 0 Å². The molecule has 0 atom stereocenters. The van der Waals surface area contributed by atoms with E-state index in [1.807, 2.05) is 41.3 Å². The quantitative estimate of drug-likeness (QED) is 0.401. The van der Waals surface area contributed by atoms with Crippen molar-refractivity contribution in [1.82, 2.24) is 30.0 Å². The van der Waals surface area contributed by atoms with Crippen LogP contribution in [0, 0.1) is 0 Å². The molecule has 4 aromatic rings. The van der Waals surface area contributed by atoms with Crippen molar-refractivity contribution in [3.8, 4) is 5.75 Å². The number of ether oxygens (including phenoxy) is 1. The molecule has 0 radical (unpaired) electrons. The zero-order valence-corrected chi connectivity index (χ0v) is 20.4. The number of likely N-dealkylation sites (tertiary alicyclic amines) is 1. The van der Waals surface area contributed by atoms with E-state index in [1.54, 1.807) is 16.9 Å². The highest BCUT2D eigenvalue weighted by atomic mass is 19.1. The summed E-state index contributed by atoms with van der Waals surface area (Å²) >= 11 is 0. The second-order valence-corrected chi connectivity index (χ2v) is 9.96. The highest BCUT2D eigenvalue weighted by Gasteiger charge is 2.27. The van der Waals surface area contributed by atoms with Gasteiger partial charge in [0.1, 0.15) is 18.5 Å². The van der Waals surface area contributed by atoms with E-state index in [4.69, 9.17) is 4.74 Å². The normalized spacial score (nSPS) is 20.7. The summed E-state index contributed by atoms with van der Waals surface area (Å²) < 4.78 is 20.3. The maximum Gasteiger partial charge on any atom is 0.272 e. The van der Waals surface area contributed by atoms with Crippen LogP contribution in [0.25, 0.3) is 16.3 Å². The number of aromatic nitrogens is 4. The summed E-state index contributed by atoms with van der Waals surface area (Å²) in [6.45, 7) is 2.10. The van der Waals surface area contributed by atoms with Crippen molar-refractivity contribution in [2.24, 2.45) is 0 Å². The molecular weight excluding hydrogens is 475 g/mol. The number of benzene rings is 1. The number of hydrogen-bond donors (Lipinski definition) is 2. The number of pyridine rings is 1. The fraction of sp³-hybridized carbons (Fsp3) is 0.407. The predicted octanol–water partition coefficient (Wildman–Crippen LogP) is 3.06. The van der Waals surface area contributed by atoms with Crippen molar-refractivity contribution in [2.45, 2.75) is 43.8 Å². The second-order valence-electron chi connectivity index (χ2n) is 9.96. The van der Waals surface area contributed by atoms with Crippen LogP contribution in [0.15, 0.2) is 53.6 Å². The number of nitrogens with one attached hydrogen (secondary N) is 2. The summed E-state index contributed by atoms with van der Waals surface area (Å²) in [5.41, 5.74) is 1.99. The Balaban J connectivity index is 1.06. The third-order valence-electron chi connectivity index (χ3n) is 7.50. The molecule has 192 valence electrons. The van der Waals surface area contributed by atoms with Gasteiger partial charge in [0, 0.05) is 37.0 Å². The first-order chi connectivity index (χ1) is 18.0. The molecule has 0 spiro atoms. The van der Waals surface area contributed by atoms with Gasteiger partial charge in [-0.1, -0.05) is 18.2 Å². The number of carbonyl (C=O) groups excluding carboxylic acids is 1. The van der Waals surface area contributed by atoms with E-state index in [0.717, 1.165) is 36.8 Å². The fourth-order valence-electron chi connectivity index (χ4n) is 5.43. The summed E-state index contributed by atoms with van der Waals surface area (Å²) in [5, 5.41) is 16.1. The summed E-state index contributed by atoms with van der Waals surface area (Å²) in [5.74, 6) is 0.754. The Morgan fingerprint density at radius 2 is 1.89 bits per heavy atom. The molecule has 9 nitrogen and oxygen atoms in total. The van der Waals surface area contributed by atoms with Gasteiger partial charge < -0.3 is 10.1 Å². The molecule has 4 heterocycles. The number of hydrogen-bond acceptors (Lipinski definition) is 6. The van der Waals surface area contributed by atoms with Crippen LogP contribution in [0.5, 0.6) is 5.75 Å². The number of fused-ring (bicyclic) bond motifs is 2. The Hall–Kier alpha value is -3.79. The Morgan fingerprint density at radius 1 is 1.11 bits per heavy atom. The topological polar surface area (TPSA) is 105 Å². The van der Waals surface area contributed by atoms with Crippen LogP contribution in [0.1, 0.15) is 47.7 Å². The first-order valence-corrected chi connectivity index (χ1v) is 12.8. The summed E-state index contributed by atoms with van der Waals surface area (Å²) in [6.07, 6.45) is 6.06. The lowest BCUT2D eigenvalue weighted by Crippen LogP contribution is -2.49. The van der Waals surface area contributed by atoms with Crippen molar-refractivity contribution in [3.63, 3.8) is 0 Å². The van der Waals surface area contributed by atoms with Crippen LogP contribution < -0.4 is 15.6 Å². The van der Waals surface area contributed by atoms with Gasteiger partial charge in [0.05, 0.1) is 34.6 Å². The van der Waals surface area contributed by atoms with E-state index >= 15 is 0 Å². The van der Waals surface area contributed by atoms with Gasteiger partial charge in [0.25, 0.3) is 11.5 Å². The van der Waals surface area contributed by atoms with Crippen LogP contribution in [0.3, 0.4) is 0 Å². The molecule has 6 rings (SSSR count). The molecule has 10 heteroatoms. The number of aromatic amines is 1. The molecule has 1 aliphatic heterocycles. The van der Waals surface area contributed by atoms with E-state index in [2.05, 4.69) is 20.6 Å². The van der Waals surface area contributed by atoms with Crippen LogP contribution >= 0.6 is 0 Å². The minimum Gasteiger partial charge on any atom is -0.491 e. The molecule has 37 heavy (non-hydrogen) atoms. The molecule has 1 saturated heterocycles. The number of rotatable bonds is 7. The molecule has 0 bridgehead atoms. The van der Waals surface area contributed by atoms with Crippen molar-refractivity contribution in [3.05, 3.63) is 70.4 Å². The lowest BCUT2D eigenvalue weighted by atomic mass is 9.82. The van der Waals surface area contributed by atoms with Gasteiger partial charge in [-0.15, -0.1) is 0 Å². The summed E-state index contributed by atoms with van der Waals surface area (Å²) in [6, 6.07) is 11.3. The smallest absolute Gasteiger partial charge is 0.272 e. The van der Waals surface area contributed by atoms with Gasteiger partial charge in [-0.05, 0) is 43.9 Å². The highest BCUT2D eigenvalue weighted by molar-refractivity contribution is 6.00. The molecule has 2 fully saturated rings. The van der Waals surface area contributed by atoms with Crippen molar-refractivity contribution < 1.29 is 13.9 Å². The molecule has 1 amide bonds. The number of carbonyl (C=O) groups is 1. The number of alkyl halides is 1. The first-order valence-electron chi connectivity index (χ1n) is 12.8. The SMILES string of the molecule is O=C(NC1CCC(c2n[nH]c(=O)c3ccccc23)CC1)c1cnn2cc(OCCN3CC(F)C3)ccc12. The Kier molecular flexibility index (Phi) is 6.33. The van der Waals surface area contributed by atoms with Gasteiger partial charge in [0.15, 0.2) is 0 Å². The Bertz CT molecular complexity index is 1490. The van der Waals surface area contributed by atoms with Gasteiger partial charge in [-0.25, -0.2) is 14.0 Å². The molecule has 1 aromatic carbocycles. The largest absolute Gasteiger partial charge is 0.491 e. The number of halogens is 1. The average molecular weight is 505 g/mol. The molecule has 2 aliphatic rings. The van der Waals surface area contributed by atoms with Gasteiger partial charge in [-0.2, -0.15) is 10.2 Å².